The lowest BCUT2D eigenvalue weighted by atomic mass is 10.1. The summed E-state index contributed by atoms with van der Waals surface area (Å²) in [4.78, 5) is 0. The Hall–Kier alpha value is -1.08. The average Bonchev–Trinajstić information content (AvgIpc) is 2.81. The molecule has 108 valence electrons. The predicted octanol–water partition coefficient (Wildman–Crippen LogP) is 3.75. The maximum Gasteiger partial charge on any atom is 0.174 e. The highest BCUT2D eigenvalue weighted by atomic mass is 127. The predicted molar refractivity (Wildman–Crippen MR) is 86.6 cm³/mol. The van der Waals surface area contributed by atoms with Crippen LogP contribution in [-0.2, 0) is 13.2 Å². The standard InChI is InChI=1S/C15H19IN2O2/c1-15(2,3)17-9-12-8-14(20-18-12)10-19-13-6-4-5-11(16)7-13/h4-8,17H,9-10H2,1-3H3. The van der Waals surface area contributed by atoms with Gasteiger partial charge in [-0.25, -0.2) is 0 Å². The molecule has 1 heterocycles. The van der Waals surface area contributed by atoms with Crippen molar-refractivity contribution in [1.82, 2.24) is 10.5 Å². The monoisotopic (exact) mass is 386 g/mol. The van der Waals surface area contributed by atoms with Crippen LogP contribution in [0.15, 0.2) is 34.9 Å². The van der Waals surface area contributed by atoms with E-state index in [1.165, 1.54) is 0 Å². The third-order valence-corrected chi connectivity index (χ3v) is 3.26. The second-order valence-corrected chi connectivity index (χ2v) is 6.88. The van der Waals surface area contributed by atoms with Gasteiger partial charge in [-0.2, -0.15) is 0 Å². The second kappa shape index (κ2) is 6.58. The van der Waals surface area contributed by atoms with E-state index in [2.05, 4.69) is 53.8 Å². The van der Waals surface area contributed by atoms with Crippen LogP contribution in [0, 0.1) is 3.57 Å². The third-order valence-electron chi connectivity index (χ3n) is 2.58. The molecule has 0 amide bonds. The van der Waals surface area contributed by atoms with E-state index in [0.29, 0.717) is 13.2 Å². The molecule has 0 spiro atoms. The number of benzene rings is 1. The topological polar surface area (TPSA) is 47.3 Å². The van der Waals surface area contributed by atoms with Crippen LogP contribution in [-0.4, -0.2) is 10.7 Å². The first kappa shape index (κ1) is 15.3. The van der Waals surface area contributed by atoms with Crippen molar-refractivity contribution in [2.75, 3.05) is 0 Å². The summed E-state index contributed by atoms with van der Waals surface area (Å²) in [6.07, 6.45) is 0. The first-order valence-corrected chi connectivity index (χ1v) is 7.58. The van der Waals surface area contributed by atoms with E-state index in [-0.39, 0.29) is 5.54 Å². The van der Waals surface area contributed by atoms with Gasteiger partial charge < -0.3 is 14.6 Å². The normalized spacial score (nSPS) is 11.6. The Kier molecular flexibility index (Phi) is 5.04. The van der Waals surface area contributed by atoms with Crippen LogP contribution in [0.1, 0.15) is 32.2 Å². The molecule has 0 saturated heterocycles. The molecule has 0 aliphatic heterocycles. The summed E-state index contributed by atoms with van der Waals surface area (Å²) in [5.41, 5.74) is 0.956. The minimum atomic E-state index is 0.0658. The van der Waals surface area contributed by atoms with E-state index in [1.54, 1.807) is 0 Å². The van der Waals surface area contributed by atoms with Crippen LogP contribution in [0.5, 0.6) is 5.75 Å². The Balaban J connectivity index is 1.87. The molecule has 5 heteroatoms. The van der Waals surface area contributed by atoms with Gasteiger partial charge in [-0.3, -0.25) is 0 Å². The van der Waals surface area contributed by atoms with Crippen molar-refractivity contribution in [2.24, 2.45) is 0 Å². The van der Waals surface area contributed by atoms with Gasteiger partial charge in [-0.1, -0.05) is 11.2 Å². The van der Waals surface area contributed by atoms with E-state index in [9.17, 15) is 0 Å². The highest BCUT2D eigenvalue weighted by Gasteiger charge is 2.11. The van der Waals surface area contributed by atoms with Crippen molar-refractivity contribution in [2.45, 2.75) is 39.5 Å². The van der Waals surface area contributed by atoms with Crippen molar-refractivity contribution in [1.29, 1.82) is 0 Å². The summed E-state index contributed by atoms with van der Waals surface area (Å²) in [5.74, 6) is 1.57. The average molecular weight is 386 g/mol. The molecule has 2 aromatic rings. The van der Waals surface area contributed by atoms with Crippen molar-refractivity contribution in [3.8, 4) is 5.75 Å². The SMILES string of the molecule is CC(C)(C)NCc1cc(COc2cccc(I)c2)on1. The molecule has 0 radical (unpaired) electrons. The zero-order valence-electron chi connectivity index (χ0n) is 11.9. The quantitative estimate of drug-likeness (QED) is 0.796. The minimum absolute atomic E-state index is 0.0658. The van der Waals surface area contributed by atoms with Gasteiger partial charge >= 0.3 is 0 Å². The van der Waals surface area contributed by atoms with Gasteiger partial charge in [0, 0.05) is 21.7 Å². The number of halogens is 1. The minimum Gasteiger partial charge on any atom is -0.486 e. The number of ether oxygens (including phenoxy) is 1. The van der Waals surface area contributed by atoms with E-state index in [1.807, 2.05) is 30.3 Å². The molecule has 20 heavy (non-hydrogen) atoms. The number of hydrogen-bond donors (Lipinski definition) is 1. The molecule has 2 rings (SSSR count). The molecule has 1 aromatic heterocycles. The molecule has 0 bridgehead atoms. The molecule has 1 aromatic carbocycles. The summed E-state index contributed by atoms with van der Waals surface area (Å²) in [6, 6.07) is 9.83. The highest BCUT2D eigenvalue weighted by molar-refractivity contribution is 14.1. The van der Waals surface area contributed by atoms with E-state index < -0.39 is 0 Å². The van der Waals surface area contributed by atoms with Crippen LogP contribution < -0.4 is 10.1 Å². The molecule has 0 aliphatic carbocycles. The summed E-state index contributed by atoms with van der Waals surface area (Å²) in [5, 5.41) is 7.40. The first-order valence-electron chi connectivity index (χ1n) is 6.50. The summed E-state index contributed by atoms with van der Waals surface area (Å²) in [7, 11) is 0. The van der Waals surface area contributed by atoms with Crippen molar-refractivity contribution < 1.29 is 9.26 Å². The number of rotatable bonds is 5. The second-order valence-electron chi connectivity index (χ2n) is 5.63. The van der Waals surface area contributed by atoms with Gasteiger partial charge in [0.1, 0.15) is 12.4 Å². The Labute approximate surface area is 133 Å². The van der Waals surface area contributed by atoms with Gasteiger partial charge in [-0.05, 0) is 61.6 Å². The van der Waals surface area contributed by atoms with Gasteiger partial charge in [0.05, 0.1) is 5.69 Å². The number of nitrogens with zero attached hydrogens (tertiary/aromatic N) is 1. The Morgan fingerprint density at radius 2 is 2.10 bits per heavy atom. The zero-order chi connectivity index (χ0) is 14.6. The van der Waals surface area contributed by atoms with Crippen LogP contribution in [0.4, 0.5) is 0 Å². The van der Waals surface area contributed by atoms with Crippen molar-refractivity contribution in [3.63, 3.8) is 0 Å². The lowest BCUT2D eigenvalue weighted by Gasteiger charge is -2.19. The molecule has 1 N–H and O–H groups in total. The van der Waals surface area contributed by atoms with Crippen molar-refractivity contribution in [3.05, 3.63) is 45.4 Å². The van der Waals surface area contributed by atoms with E-state index >= 15 is 0 Å². The van der Waals surface area contributed by atoms with E-state index in [0.717, 1.165) is 20.8 Å². The highest BCUT2D eigenvalue weighted by Crippen LogP contribution is 2.16. The number of aromatic nitrogens is 1. The van der Waals surface area contributed by atoms with E-state index in [4.69, 9.17) is 9.26 Å². The maximum absolute atomic E-state index is 5.67. The van der Waals surface area contributed by atoms with Crippen LogP contribution >= 0.6 is 22.6 Å². The Bertz CT molecular complexity index is 561. The fourth-order valence-corrected chi connectivity index (χ4v) is 2.09. The maximum atomic E-state index is 5.67. The van der Waals surface area contributed by atoms with Gasteiger partial charge in [-0.15, -0.1) is 0 Å². The number of nitrogens with one attached hydrogen (secondary N) is 1. The third kappa shape index (κ3) is 5.13. The largest absolute Gasteiger partial charge is 0.486 e. The first-order chi connectivity index (χ1) is 9.42. The molecule has 4 nitrogen and oxygen atoms in total. The van der Waals surface area contributed by atoms with Gasteiger partial charge in [0.25, 0.3) is 0 Å². The lowest BCUT2D eigenvalue weighted by Crippen LogP contribution is -2.35. The lowest BCUT2D eigenvalue weighted by molar-refractivity contribution is 0.248. The van der Waals surface area contributed by atoms with Crippen molar-refractivity contribution >= 4 is 22.6 Å². The van der Waals surface area contributed by atoms with Crippen LogP contribution in [0.3, 0.4) is 0 Å². The fraction of sp³-hybridized carbons (Fsp3) is 0.400. The fourth-order valence-electron chi connectivity index (χ4n) is 1.57. The van der Waals surface area contributed by atoms with Crippen LogP contribution in [0.2, 0.25) is 0 Å². The molecular formula is C15H19IN2O2. The smallest absolute Gasteiger partial charge is 0.174 e. The van der Waals surface area contributed by atoms with Crippen LogP contribution in [0.25, 0.3) is 0 Å². The molecule has 0 atom stereocenters. The molecular weight excluding hydrogens is 367 g/mol. The summed E-state index contributed by atoms with van der Waals surface area (Å²) >= 11 is 2.26. The number of hydrogen-bond acceptors (Lipinski definition) is 4. The van der Waals surface area contributed by atoms with Gasteiger partial charge in [0.2, 0.25) is 0 Å². The summed E-state index contributed by atoms with van der Waals surface area (Å²) < 4.78 is 12.1. The molecule has 0 aliphatic rings. The molecule has 0 fully saturated rings. The molecule has 0 saturated carbocycles. The van der Waals surface area contributed by atoms with Gasteiger partial charge in [0.15, 0.2) is 5.76 Å². The zero-order valence-corrected chi connectivity index (χ0v) is 14.1. The Morgan fingerprint density at radius 1 is 1.30 bits per heavy atom. The Morgan fingerprint density at radius 3 is 2.80 bits per heavy atom. The molecule has 0 unspecified atom stereocenters. The summed E-state index contributed by atoms with van der Waals surface area (Å²) in [6.45, 7) is 7.44.